The summed E-state index contributed by atoms with van der Waals surface area (Å²) in [6.07, 6.45) is 10.6. The number of allylic oxidation sites excluding steroid dienone is 5. The van der Waals surface area contributed by atoms with Gasteiger partial charge in [-0.2, -0.15) is 0 Å². The summed E-state index contributed by atoms with van der Waals surface area (Å²) < 4.78 is 5.07. The lowest BCUT2D eigenvalue weighted by molar-refractivity contribution is -0.128. The zero-order chi connectivity index (χ0) is 18.4. The van der Waals surface area contributed by atoms with Crippen molar-refractivity contribution in [1.29, 1.82) is 0 Å². The maximum Gasteiger partial charge on any atom is 0.417 e. The highest BCUT2D eigenvalue weighted by atomic mass is 16.6. The molecule has 1 aromatic carbocycles. The van der Waals surface area contributed by atoms with Gasteiger partial charge in [-0.15, -0.1) is 0 Å². The molecule has 1 aromatic rings. The largest absolute Gasteiger partial charge is 0.447 e. The number of aliphatic hydroxyl groups excluding tert-OH is 1. The highest BCUT2D eigenvalue weighted by molar-refractivity contribution is 5.93. The third kappa shape index (κ3) is 4.49. The van der Waals surface area contributed by atoms with Crippen molar-refractivity contribution >= 4 is 12.0 Å². The van der Waals surface area contributed by atoms with Crippen molar-refractivity contribution in [3.05, 3.63) is 71.8 Å². The lowest BCUT2D eigenvalue weighted by atomic mass is 10.0. The van der Waals surface area contributed by atoms with Crippen LogP contribution in [0.5, 0.6) is 0 Å². The van der Waals surface area contributed by atoms with E-state index in [9.17, 15) is 14.7 Å². The fourth-order valence-corrected chi connectivity index (χ4v) is 3.16. The Hall–Kier alpha value is -2.66. The monoisotopic (exact) mass is 353 g/mol. The van der Waals surface area contributed by atoms with Gasteiger partial charge in [0.1, 0.15) is 6.61 Å². The maximum absolute atomic E-state index is 12.5. The number of rotatable bonds is 6. The Morgan fingerprint density at radius 3 is 2.85 bits per heavy atom. The van der Waals surface area contributed by atoms with Gasteiger partial charge in [-0.25, -0.2) is 9.69 Å². The van der Waals surface area contributed by atoms with Crippen molar-refractivity contribution in [3.63, 3.8) is 0 Å². The molecule has 3 rings (SSSR count). The molecule has 0 radical (unpaired) electrons. The van der Waals surface area contributed by atoms with E-state index in [1.54, 1.807) is 0 Å². The van der Waals surface area contributed by atoms with Crippen LogP contribution in [-0.4, -0.2) is 34.7 Å². The molecule has 1 heterocycles. The molecule has 1 saturated heterocycles. The fourth-order valence-electron chi connectivity index (χ4n) is 3.16. The van der Waals surface area contributed by atoms with Gasteiger partial charge in [0.25, 0.3) is 0 Å². The van der Waals surface area contributed by atoms with Crippen molar-refractivity contribution in [2.24, 2.45) is 0 Å². The van der Waals surface area contributed by atoms with Crippen LogP contribution in [0.3, 0.4) is 0 Å². The van der Waals surface area contributed by atoms with Gasteiger partial charge in [0.15, 0.2) is 0 Å². The smallest absolute Gasteiger partial charge is 0.417 e. The molecule has 1 fully saturated rings. The summed E-state index contributed by atoms with van der Waals surface area (Å²) in [6.45, 7) is 0.193. The molecule has 2 aliphatic rings. The van der Waals surface area contributed by atoms with Crippen LogP contribution in [0.15, 0.2) is 66.3 Å². The van der Waals surface area contributed by atoms with E-state index in [0.29, 0.717) is 12.8 Å². The van der Waals surface area contributed by atoms with Gasteiger partial charge in [0.2, 0.25) is 5.91 Å². The molecule has 0 saturated carbocycles. The van der Waals surface area contributed by atoms with E-state index in [4.69, 9.17) is 4.74 Å². The Kier molecular flexibility index (Phi) is 6.02. The molecule has 0 spiro atoms. The van der Waals surface area contributed by atoms with E-state index in [1.165, 1.54) is 4.90 Å². The number of imide groups is 1. The quantitative estimate of drug-likeness (QED) is 0.847. The molecule has 0 bridgehead atoms. The molecule has 5 heteroatoms. The summed E-state index contributed by atoms with van der Waals surface area (Å²) in [5, 5.41) is 10.2. The lowest BCUT2D eigenvalue weighted by Gasteiger charge is -2.18. The Labute approximate surface area is 153 Å². The van der Waals surface area contributed by atoms with Crippen molar-refractivity contribution < 1.29 is 19.4 Å². The number of aliphatic hydroxyl groups is 1. The summed E-state index contributed by atoms with van der Waals surface area (Å²) in [4.78, 5) is 25.7. The molecule has 2 amide bonds. The van der Waals surface area contributed by atoms with Crippen LogP contribution in [0.25, 0.3) is 0 Å². The third-order valence-electron chi connectivity index (χ3n) is 4.54. The van der Waals surface area contributed by atoms with Crippen LogP contribution in [0, 0.1) is 0 Å². The molecule has 2 unspecified atom stereocenters. The lowest BCUT2D eigenvalue weighted by Crippen LogP contribution is -2.38. The van der Waals surface area contributed by atoms with Crippen LogP contribution in [0.4, 0.5) is 4.79 Å². The first-order valence-electron chi connectivity index (χ1n) is 8.91. The van der Waals surface area contributed by atoms with Crippen LogP contribution < -0.4 is 0 Å². The summed E-state index contributed by atoms with van der Waals surface area (Å²) in [5.41, 5.74) is 1.90. The molecular weight excluding hydrogens is 330 g/mol. The molecule has 5 nitrogen and oxygen atoms in total. The number of amides is 2. The van der Waals surface area contributed by atoms with E-state index in [1.807, 2.05) is 60.7 Å². The summed E-state index contributed by atoms with van der Waals surface area (Å²) in [7, 11) is 0. The summed E-state index contributed by atoms with van der Waals surface area (Å²) in [6, 6.07) is 9.00. The van der Waals surface area contributed by atoms with Crippen molar-refractivity contribution in [3.8, 4) is 0 Å². The Bertz CT molecular complexity index is 736. The zero-order valence-electron chi connectivity index (χ0n) is 14.6. The normalized spacial score (nSPS) is 21.9. The average molecular weight is 353 g/mol. The molecular formula is C21H23NO4. The van der Waals surface area contributed by atoms with Gasteiger partial charge in [-0.3, -0.25) is 4.79 Å². The molecule has 2 atom stereocenters. The topological polar surface area (TPSA) is 66.8 Å². The maximum atomic E-state index is 12.5. The minimum absolute atomic E-state index is 0.193. The van der Waals surface area contributed by atoms with E-state index >= 15 is 0 Å². The predicted molar refractivity (Wildman–Crippen MR) is 98.2 cm³/mol. The zero-order valence-corrected chi connectivity index (χ0v) is 14.6. The predicted octanol–water partition coefficient (Wildman–Crippen LogP) is 3.68. The molecule has 136 valence electrons. The van der Waals surface area contributed by atoms with Gasteiger partial charge >= 0.3 is 6.09 Å². The van der Waals surface area contributed by atoms with Crippen LogP contribution in [0.2, 0.25) is 0 Å². The second-order valence-electron chi connectivity index (χ2n) is 6.46. The Balaban J connectivity index is 1.54. The van der Waals surface area contributed by atoms with Crippen LogP contribution in [-0.2, 0) is 9.53 Å². The molecule has 26 heavy (non-hydrogen) atoms. The molecule has 1 aliphatic heterocycles. The number of nitrogens with zero attached hydrogens (tertiary/aromatic N) is 1. The number of benzene rings is 1. The molecule has 1 aliphatic carbocycles. The van der Waals surface area contributed by atoms with Crippen LogP contribution in [0.1, 0.15) is 37.4 Å². The fraction of sp³-hybridized carbons (Fsp3) is 0.333. The SMILES string of the molecule is O=C(CCCC(O)c1ccccc1)N1C(=O)OCC1C=C1C=CC=CC1. The highest BCUT2D eigenvalue weighted by Crippen LogP contribution is 2.22. The number of carbonyl (C=O) groups excluding carboxylic acids is 2. The van der Waals surface area contributed by atoms with Crippen molar-refractivity contribution in [2.75, 3.05) is 6.61 Å². The van der Waals surface area contributed by atoms with Gasteiger partial charge in [-0.05, 0) is 30.4 Å². The first-order chi connectivity index (χ1) is 12.6. The standard InChI is InChI=1S/C21H23NO4/c23-19(17-10-5-2-6-11-17)12-7-13-20(24)22-18(15-26-21(22)25)14-16-8-3-1-4-9-16/h1-6,8,10-11,14,18-19,23H,7,9,12-13,15H2. The van der Waals surface area contributed by atoms with E-state index in [2.05, 4.69) is 0 Å². The molecule has 0 aromatic heterocycles. The minimum Gasteiger partial charge on any atom is -0.447 e. The Morgan fingerprint density at radius 1 is 1.31 bits per heavy atom. The van der Waals surface area contributed by atoms with Gasteiger partial charge in [0.05, 0.1) is 12.1 Å². The number of cyclic esters (lactones) is 1. The van der Waals surface area contributed by atoms with Crippen LogP contribution >= 0.6 is 0 Å². The number of ether oxygens (including phenoxy) is 1. The van der Waals surface area contributed by atoms with Gasteiger partial charge < -0.3 is 9.84 Å². The highest BCUT2D eigenvalue weighted by Gasteiger charge is 2.36. The first-order valence-corrected chi connectivity index (χ1v) is 8.91. The number of carbonyl (C=O) groups is 2. The van der Waals surface area contributed by atoms with Crippen molar-refractivity contribution in [1.82, 2.24) is 4.90 Å². The number of hydrogen-bond donors (Lipinski definition) is 1. The second kappa shape index (κ2) is 8.63. The summed E-state index contributed by atoms with van der Waals surface area (Å²) >= 11 is 0. The number of hydrogen-bond acceptors (Lipinski definition) is 4. The molecule has 1 N–H and O–H groups in total. The van der Waals surface area contributed by atoms with Gasteiger partial charge in [-0.1, -0.05) is 60.7 Å². The second-order valence-corrected chi connectivity index (χ2v) is 6.46. The summed E-state index contributed by atoms with van der Waals surface area (Å²) in [5.74, 6) is -0.259. The van der Waals surface area contributed by atoms with E-state index in [-0.39, 0.29) is 25.0 Å². The van der Waals surface area contributed by atoms with E-state index < -0.39 is 12.2 Å². The average Bonchev–Trinajstić information content (AvgIpc) is 3.03. The first kappa shape index (κ1) is 18.1. The Morgan fingerprint density at radius 2 is 2.12 bits per heavy atom. The third-order valence-corrected chi connectivity index (χ3v) is 4.54. The van der Waals surface area contributed by atoms with Crippen molar-refractivity contribution in [2.45, 2.75) is 37.8 Å². The van der Waals surface area contributed by atoms with E-state index in [0.717, 1.165) is 17.6 Å². The minimum atomic E-state index is -0.605. The van der Waals surface area contributed by atoms with Gasteiger partial charge in [0, 0.05) is 6.42 Å².